The highest BCUT2D eigenvalue weighted by Crippen LogP contribution is 2.27. The molecule has 2 aromatic rings. The van der Waals surface area contributed by atoms with Crippen LogP contribution in [-0.2, 0) is 30.5 Å². The number of amides is 3. The molecule has 0 bridgehead atoms. The molecule has 196 valence electrons. The lowest BCUT2D eigenvalue weighted by Gasteiger charge is -2.19. The molecule has 1 heterocycles. The van der Waals surface area contributed by atoms with Gasteiger partial charge in [0.2, 0.25) is 11.8 Å². The van der Waals surface area contributed by atoms with Crippen LogP contribution in [-0.4, -0.2) is 55.8 Å². The second kappa shape index (κ2) is 13.6. The second-order valence-corrected chi connectivity index (χ2v) is 8.36. The van der Waals surface area contributed by atoms with E-state index in [1.807, 2.05) is 18.2 Å². The van der Waals surface area contributed by atoms with Crippen molar-refractivity contribution in [3.05, 3.63) is 65.7 Å². The Morgan fingerprint density at radius 3 is 2.54 bits per heavy atom. The van der Waals surface area contributed by atoms with Crippen molar-refractivity contribution in [1.82, 2.24) is 10.6 Å². The summed E-state index contributed by atoms with van der Waals surface area (Å²) in [5, 5.41) is 8.52. The second-order valence-electron chi connectivity index (χ2n) is 8.36. The van der Waals surface area contributed by atoms with Gasteiger partial charge in [0.15, 0.2) is 0 Å². The number of ether oxygens (including phenoxy) is 2. The van der Waals surface area contributed by atoms with Crippen LogP contribution in [0.25, 0.3) is 0 Å². The van der Waals surface area contributed by atoms with Gasteiger partial charge in [0.1, 0.15) is 12.6 Å². The number of nitrogens with two attached hydrogens (primary N) is 1. The first kappa shape index (κ1) is 27.2. The molecular weight excluding hydrogens is 478 g/mol. The van der Waals surface area contributed by atoms with Crippen molar-refractivity contribution in [3.63, 3.8) is 0 Å². The zero-order valence-corrected chi connectivity index (χ0v) is 20.6. The number of nitrogens with one attached hydrogen (secondary N) is 2. The molecule has 2 atom stereocenters. The molecule has 1 unspecified atom stereocenters. The Labute approximate surface area is 215 Å². The van der Waals surface area contributed by atoms with Gasteiger partial charge in [-0.15, -0.1) is 0 Å². The van der Waals surface area contributed by atoms with E-state index in [-0.39, 0.29) is 32.1 Å². The van der Waals surface area contributed by atoms with Crippen molar-refractivity contribution in [3.8, 4) is 0 Å². The number of carbonyl (C=O) groups is 4. The minimum absolute atomic E-state index is 0.0260. The Bertz CT molecular complexity index is 1110. The normalized spacial score (nSPS) is 15.9. The van der Waals surface area contributed by atoms with Crippen LogP contribution in [0, 0.1) is 5.92 Å². The number of esters is 1. The summed E-state index contributed by atoms with van der Waals surface area (Å²) in [7, 11) is 0. The van der Waals surface area contributed by atoms with Gasteiger partial charge in [-0.05, 0) is 36.6 Å². The van der Waals surface area contributed by atoms with E-state index in [0.29, 0.717) is 13.0 Å². The summed E-state index contributed by atoms with van der Waals surface area (Å²) in [4.78, 5) is 51.6. The monoisotopic (exact) mass is 509 g/mol. The van der Waals surface area contributed by atoms with Crippen LogP contribution < -0.4 is 21.4 Å². The standard InChI is InChI=1S/C26H31N5O6/c1-2-36-25(34)22(30-26(35)37-17-19-6-4-3-5-7-19)16-28-23(32)14-20-12-13-31(24(20)33)21-10-8-18(9-11-21)15-29-27/h3-11,15,20,22H,2,12-14,16-17,27H2,1H3,(H,28,32)(H,30,35)/t20?,22-/m0/s1. The SMILES string of the molecule is CCOC(=O)[C@H](CNC(=O)CC1CCN(c2ccc(C=NN)cc2)C1=O)NC(=O)OCc1ccccc1. The molecule has 37 heavy (non-hydrogen) atoms. The Hall–Kier alpha value is -4.41. The first-order valence-electron chi connectivity index (χ1n) is 12.0. The third-order valence-corrected chi connectivity index (χ3v) is 5.76. The highest BCUT2D eigenvalue weighted by molar-refractivity contribution is 5.99. The number of carbonyl (C=O) groups excluding carboxylic acids is 4. The van der Waals surface area contributed by atoms with Crippen molar-refractivity contribution in [1.29, 1.82) is 0 Å². The smallest absolute Gasteiger partial charge is 0.408 e. The van der Waals surface area contributed by atoms with Crippen LogP contribution in [0.2, 0.25) is 0 Å². The van der Waals surface area contributed by atoms with Gasteiger partial charge in [0.05, 0.1) is 12.8 Å². The third-order valence-electron chi connectivity index (χ3n) is 5.76. The number of nitrogens with zero attached hydrogens (tertiary/aromatic N) is 2. The Morgan fingerprint density at radius 2 is 1.86 bits per heavy atom. The third kappa shape index (κ3) is 8.06. The summed E-state index contributed by atoms with van der Waals surface area (Å²) in [6.07, 6.45) is 1.16. The Morgan fingerprint density at radius 1 is 1.14 bits per heavy atom. The van der Waals surface area contributed by atoms with Gasteiger partial charge >= 0.3 is 12.1 Å². The van der Waals surface area contributed by atoms with Gasteiger partial charge in [-0.3, -0.25) is 9.59 Å². The molecule has 1 aliphatic heterocycles. The highest BCUT2D eigenvalue weighted by Gasteiger charge is 2.34. The molecule has 3 amide bonds. The van der Waals surface area contributed by atoms with Crippen molar-refractivity contribution in [2.24, 2.45) is 16.9 Å². The summed E-state index contributed by atoms with van der Waals surface area (Å²) < 4.78 is 10.2. The maximum atomic E-state index is 12.9. The van der Waals surface area contributed by atoms with E-state index in [2.05, 4.69) is 15.7 Å². The number of benzene rings is 2. The number of hydrazone groups is 1. The number of hydrogen-bond acceptors (Lipinski definition) is 8. The van der Waals surface area contributed by atoms with Gasteiger partial charge in [-0.1, -0.05) is 42.5 Å². The molecule has 0 saturated carbocycles. The molecule has 0 aromatic heterocycles. The van der Waals surface area contributed by atoms with Crippen LogP contribution in [0.15, 0.2) is 59.7 Å². The molecule has 1 fully saturated rings. The van der Waals surface area contributed by atoms with Crippen LogP contribution >= 0.6 is 0 Å². The largest absolute Gasteiger partial charge is 0.464 e. The number of alkyl carbamates (subject to hydrolysis) is 1. The average molecular weight is 510 g/mol. The van der Waals surface area contributed by atoms with E-state index in [4.69, 9.17) is 15.3 Å². The molecule has 1 aliphatic rings. The van der Waals surface area contributed by atoms with Crippen LogP contribution in [0.4, 0.5) is 10.5 Å². The summed E-state index contributed by atoms with van der Waals surface area (Å²) in [5.74, 6) is 3.40. The van der Waals surface area contributed by atoms with Crippen molar-refractivity contribution < 1.29 is 28.7 Å². The average Bonchev–Trinajstić information content (AvgIpc) is 3.26. The number of rotatable bonds is 11. The lowest BCUT2D eigenvalue weighted by molar-refractivity contribution is -0.145. The lowest BCUT2D eigenvalue weighted by Crippen LogP contribution is -2.49. The predicted molar refractivity (Wildman–Crippen MR) is 136 cm³/mol. The minimum Gasteiger partial charge on any atom is -0.464 e. The molecule has 4 N–H and O–H groups in total. The number of hydrogen-bond donors (Lipinski definition) is 3. The lowest BCUT2D eigenvalue weighted by atomic mass is 10.0. The molecule has 3 rings (SSSR count). The fraction of sp³-hybridized carbons (Fsp3) is 0.346. The Balaban J connectivity index is 1.50. The maximum Gasteiger partial charge on any atom is 0.408 e. The van der Waals surface area contributed by atoms with E-state index in [1.165, 1.54) is 6.21 Å². The van der Waals surface area contributed by atoms with Gasteiger partial charge in [-0.25, -0.2) is 9.59 Å². The molecule has 11 heteroatoms. The molecule has 0 spiro atoms. The van der Waals surface area contributed by atoms with E-state index in [1.54, 1.807) is 48.2 Å². The van der Waals surface area contributed by atoms with E-state index >= 15 is 0 Å². The van der Waals surface area contributed by atoms with E-state index in [0.717, 1.165) is 16.8 Å². The van der Waals surface area contributed by atoms with Crippen LogP contribution in [0.1, 0.15) is 30.9 Å². The molecular formula is C26H31N5O6. The first-order valence-corrected chi connectivity index (χ1v) is 12.0. The van der Waals surface area contributed by atoms with Gasteiger partial charge in [0.25, 0.3) is 0 Å². The van der Waals surface area contributed by atoms with Gasteiger partial charge in [-0.2, -0.15) is 5.10 Å². The first-order chi connectivity index (χ1) is 17.9. The topological polar surface area (TPSA) is 152 Å². The zero-order chi connectivity index (χ0) is 26.6. The fourth-order valence-corrected chi connectivity index (χ4v) is 3.87. The van der Waals surface area contributed by atoms with E-state index < -0.39 is 29.9 Å². The van der Waals surface area contributed by atoms with Gasteiger partial charge in [0, 0.05) is 31.1 Å². The summed E-state index contributed by atoms with van der Waals surface area (Å²) in [6, 6.07) is 15.1. The summed E-state index contributed by atoms with van der Waals surface area (Å²) in [5.41, 5.74) is 2.32. The Kier molecular flexibility index (Phi) is 10.0. The van der Waals surface area contributed by atoms with Crippen molar-refractivity contribution in [2.75, 3.05) is 24.6 Å². The van der Waals surface area contributed by atoms with Crippen LogP contribution in [0.5, 0.6) is 0 Å². The van der Waals surface area contributed by atoms with Crippen molar-refractivity contribution in [2.45, 2.75) is 32.4 Å². The molecule has 11 nitrogen and oxygen atoms in total. The minimum atomic E-state index is -1.14. The van der Waals surface area contributed by atoms with Crippen molar-refractivity contribution >= 4 is 35.8 Å². The summed E-state index contributed by atoms with van der Waals surface area (Å²) >= 11 is 0. The molecule has 0 aliphatic carbocycles. The van der Waals surface area contributed by atoms with Crippen LogP contribution in [0.3, 0.4) is 0 Å². The quantitative estimate of drug-likeness (QED) is 0.180. The zero-order valence-electron chi connectivity index (χ0n) is 20.6. The van der Waals surface area contributed by atoms with Gasteiger partial charge < -0.3 is 30.8 Å². The number of anilines is 1. The highest BCUT2D eigenvalue weighted by atomic mass is 16.6. The molecule has 2 aromatic carbocycles. The maximum absolute atomic E-state index is 12.9. The van der Waals surface area contributed by atoms with E-state index in [9.17, 15) is 19.2 Å². The molecule has 0 radical (unpaired) electrons. The predicted octanol–water partition coefficient (Wildman–Crippen LogP) is 1.70. The fourth-order valence-electron chi connectivity index (χ4n) is 3.87. The molecule has 1 saturated heterocycles. The summed E-state index contributed by atoms with van der Waals surface area (Å²) in [6.45, 7) is 2.06.